The SMILES string of the molecule is C#CC(CCC)NCc1cc(F)c(F)cc1F. The Hall–Kier alpha value is -1.47. The van der Waals surface area contributed by atoms with Gasteiger partial charge in [0.1, 0.15) is 5.82 Å². The number of nitrogens with one attached hydrogen (secondary N) is 1. The van der Waals surface area contributed by atoms with E-state index < -0.39 is 17.5 Å². The molecule has 1 nitrogen and oxygen atoms in total. The molecule has 1 atom stereocenters. The van der Waals surface area contributed by atoms with Crippen LogP contribution in [0.15, 0.2) is 12.1 Å². The lowest BCUT2D eigenvalue weighted by atomic mass is 10.1. The lowest BCUT2D eigenvalue weighted by molar-refractivity contribution is 0.482. The van der Waals surface area contributed by atoms with Gasteiger partial charge in [-0.2, -0.15) is 0 Å². The van der Waals surface area contributed by atoms with Gasteiger partial charge in [-0.3, -0.25) is 5.32 Å². The van der Waals surface area contributed by atoms with E-state index >= 15 is 0 Å². The highest BCUT2D eigenvalue weighted by Gasteiger charge is 2.11. The molecule has 0 radical (unpaired) electrons. The number of rotatable bonds is 5. The Balaban J connectivity index is 2.69. The van der Waals surface area contributed by atoms with Crippen molar-refractivity contribution in [3.8, 4) is 12.3 Å². The molecule has 17 heavy (non-hydrogen) atoms. The minimum Gasteiger partial charge on any atom is -0.299 e. The van der Waals surface area contributed by atoms with Crippen molar-refractivity contribution in [2.45, 2.75) is 32.4 Å². The van der Waals surface area contributed by atoms with E-state index in [1.807, 2.05) is 6.92 Å². The summed E-state index contributed by atoms with van der Waals surface area (Å²) in [6, 6.07) is 1.20. The second-order valence-corrected chi connectivity index (χ2v) is 3.75. The predicted octanol–water partition coefficient (Wildman–Crippen LogP) is 3.00. The molecule has 1 rings (SSSR count). The molecule has 0 amide bonds. The van der Waals surface area contributed by atoms with Crippen LogP contribution >= 0.6 is 0 Å². The number of halogens is 3. The van der Waals surface area contributed by atoms with Crippen molar-refractivity contribution in [1.82, 2.24) is 5.32 Å². The highest BCUT2D eigenvalue weighted by Crippen LogP contribution is 2.13. The fourth-order valence-corrected chi connectivity index (χ4v) is 1.47. The van der Waals surface area contributed by atoms with Crippen molar-refractivity contribution in [3.05, 3.63) is 35.1 Å². The monoisotopic (exact) mass is 241 g/mol. The van der Waals surface area contributed by atoms with E-state index in [0.717, 1.165) is 18.9 Å². The van der Waals surface area contributed by atoms with E-state index in [1.165, 1.54) is 0 Å². The normalized spacial score (nSPS) is 12.2. The molecule has 0 aromatic heterocycles. The van der Waals surface area contributed by atoms with Gasteiger partial charge in [0, 0.05) is 18.2 Å². The third-order valence-corrected chi connectivity index (χ3v) is 2.41. The van der Waals surface area contributed by atoms with Gasteiger partial charge in [0.15, 0.2) is 11.6 Å². The van der Waals surface area contributed by atoms with Gasteiger partial charge < -0.3 is 0 Å². The fraction of sp³-hybridized carbons (Fsp3) is 0.385. The van der Waals surface area contributed by atoms with Crippen LogP contribution in [0.5, 0.6) is 0 Å². The number of terminal acetylenes is 1. The van der Waals surface area contributed by atoms with Crippen LogP contribution in [0.25, 0.3) is 0 Å². The predicted molar refractivity (Wildman–Crippen MR) is 60.7 cm³/mol. The van der Waals surface area contributed by atoms with Gasteiger partial charge in [0.25, 0.3) is 0 Å². The first-order valence-corrected chi connectivity index (χ1v) is 5.41. The molecule has 1 aromatic rings. The summed E-state index contributed by atoms with van der Waals surface area (Å²) in [5.74, 6) is -0.503. The second-order valence-electron chi connectivity index (χ2n) is 3.75. The van der Waals surface area contributed by atoms with Gasteiger partial charge in [-0.05, 0) is 12.5 Å². The number of hydrogen-bond donors (Lipinski definition) is 1. The van der Waals surface area contributed by atoms with Crippen LogP contribution in [-0.2, 0) is 6.54 Å². The molecule has 0 spiro atoms. The van der Waals surface area contributed by atoms with Crippen molar-refractivity contribution >= 4 is 0 Å². The maximum absolute atomic E-state index is 13.3. The van der Waals surface area contributed by atoms with Crippen LogP contribution in [0.2, 0.25) is 0 Å². The zero-order valence-corrected chi connectivity index (χ0v) is 9.56. The average Bonchev–Trinajstić information content (AvgIpc) is 2.30. The Labute approximate surface area is 99.0 Å². The molecular formula is C13H14F3N. The standard InChI is InChI=1S/C13H14F3N/c1-3-5-10(4-2)17-8-9-6-12(15)13(16)7-11(9)14/h2,6-7,10,17H,3,5,8H2,1H3. The molecule has 1 N–H and O–H groups in total. The highest BCUT2D eigenvalue weighted by atomic mass is 19.2. The first-order chi connectivity index (χ1) is 8.08. The molecule has 0 aliphatic rings. The third kappa shape index (κ3) is 3.79. The summed E-state index contributed by atoms with van der Waals surface area (Å²) in [7, 11) is 0. The topological polar surface area (TPSA) is 12.0 Å². The minimum atomic E-state index is -1.19. The van der Waals surface area contributed by atoms with E-state index in [0.29, 0.717) is 6.07 Å². The summed E-state index contributed by atoms with van der Waals surface area (Å²) in [4.78, 5) is 0. The molecule has 0 aliphatic heterocycles. The first-order valence-electron chi connectivity index (χ1n) is 5.41. The Morgan fingerprint density at radius 3 is 2.47 bits per heavy atom. The van der Waals surface area contributed by atoms with E-state index in [-0.39, 0.29) is 18.2 Å². The number of hydrogen-bond acceptors (Lipinski definition) is 1. The van der Waals surface area contributed by atoms with Gasteiger partial charge >= 0.3 is 0 Å². The molecule has 0 heterocycles. The lowest BCUT2D eigenvalue weighted by Gasteiger charge is -2.12. The summed E-state index contributed by atoms with van der Waals surface area (Å²) in [6.45, 7) is 2.06. The molecule has 0 saturated heterocycles. The zero-order chi connectivity index (χ0) is 12.8. The van der Waals surface area contributed by atoms with Crippen molar-refractivity contribution in [2.24, 2.45) is 0 Å². The van der Waals surface area contributed by atoms with Crippen LogP contribution in [0.4, 0.5) is 13.2 Å². The van der Waals surface area contributed by atoms with Crippen molar-refractivity contribution in [3.63, 3.8) is 0 Å². The summed E-state index contributed by atoms with van der Waals surface area (Å²) < 4.78 is 38.9. The summed E-state index contributed by atoms with van der Waals surface area (Å²) in [5.41, 5.74) is 0.0697. The fourth-order valence-electron chi connectivity index (χ4n) is 1.47. The van der Waals surface area contributed by atoms with Crippen LogP contribution in [0.3, 0.4) is 0 Å². The number of benzene rings is 1. The first kappa shape index (κ1) is 13.6. The van der Waals surface area contributed by atoms with Gasteiger partial charge in [0.05, 0.1) is 6.04 Å². The van der Waals surface area contributed by atoms with Crippen LogP contribution < -0.4 is 5.32 Å². The largest absolute Gasteiger partial charge is 0.299 e. The van der Waals surface area contributed by atoms with Gasteiger partial charge in [-0.1, -0.05) is 19.3 Å². The summed E-state index contributed by atoms with van der Waals surface area (Å²) >= 11 is 0. The van der Waals surface area contributed by atoms with Crippen molar-refractivity contribution in [2.75, 3.05) is 0 Å². The third-order valence-electron chi connectivity index (χ3n) is 2.41. The quantitative estimate of drug-likeness (QED) is 0.617. The Morgan fingerprint density at radius 2 is 1.88 bits per heavy atom. The highest BCUT2D eigenvalue weighted by molar-refractivity contribution is 5.20. The maximum atomic E-state index is 13.3. The average molecular weight is 241 g/mol. The minimum absolute atomic E-state index is 0.0697. The van der Waals surface area contributed by atoms with Crippen LogP contribution in [0, 0.1) is 29.8 Å². The smallest absolute Gasteiger partial charge is 0.161 e. The second kappa shape index (κ2) is 6.31. The zero-order valence-electron chi connectivity index (χ0n) is 9.56. The van der Waals surface area contributed by atoms with Gasteiger partial charge in [0.2, 0.25) is 0 Å². The van der Waals surface area contributed by atoms with E-state index in [2.05, 4.69) is 11.2 Å². The molecule has 92 valence electrons. The molecule has 1 aromatic carbocycles. The Bertz CT molecular complexity index is 423. The van der Waals surface area contributed by atoms with Crippen LogP contribution in [0.1, 0.15) is 25.3 Å². The van der Waals surface area contributed by atoms with Crippen LogP contribution in [-0.4, -0.2) is 6.04 Å². The van der Waals surface area contributed by atoms with Crippen molar-refractivity contribution < 1.29 is 13.2 Å². The van der Waals surface area contributed by atoms with Crippen molar-refractivity contribution in [1.29, 1.82) is 0 Å². The van der Waals surface area contributed by atoms with E-state index in [1.54, 1.807) is 0 Å². The Kier molecular flexibility index (Phi) is 5.05. The molecule has 0 fully saturated rings. The molecule has 1 unspecified atom stereocenters. The Morgan fingerprint density at radius 1 is 1.24 bits per heavy atom. The molecule has 4 heteroatoms. The lowest BCUT2D eigenvalue weighted by Crippen LogP contribution is -2.27. The molecule has 0 bridgehead atoms. The summed E-state index contributed by atoms with van der Waals surface area (Å²) in [5, 5.41) is 2.91. The molecule has 0 saturated carbocycles. The van der Waals surface area contributed by atoms with E-state index in [4.69, 9.17) is 6.42 Å². The van der Waals surface area contributed by atoms with Gasteiger partial charge in [-0.25, -0.2) is 13.2 Å². The van der Waals surface area contributed by atoms with Gasteiger partial charge in [-0.15, -0.1) is 6.42 Å². The maximum Gasteiger partial charge on any atom is 0.161 e. The molecule has 0 aliphatic carbocycles. The molecular weight excluding hydrogens is 227 g/mol. The summed E-state index contributed by atoms with van der Waals surface area (Å²) in [6.07, 6.45) is 6.92. The van der Waals surface area contributed by atoms with E-state index in [9.17, 15) is 13.2 Å².